The van der Waals surface area contributed by atoms with Crippen molar-refractivity contribution in [2.75, 3.05) is 0 Å². The maximum atomic E-state index is 7.32. The van der Waals surface area contributed by atoms with Gasteiger partial charge in [0.25, 0.3) is 0 Å². The van der Waals surface area contributed by atoms with Gasteiger partial charge in [-0.3, -0.25) is 0 Å². The molecule has 0 N–H and O–H groups in total. The van der Waals surface area contributed by atoms with Crippen molar-refractivity contribution in [1.82, 2.24) is 0 Å². The summed E-state index contributed by atoms with van der Waals surface area (Å²) >= 11 is 0. The first kappa shape index (κ1) is 15.6. The van der Waals surface area contributed by atoms with Crippen LogP contribution < -0.4 is 0 Å². The summed E-state index contributed by atoms with van der Waals surface area (Å²) in [7, 11) is 0. The van der Waals surface area contributed by atoms with Crippen LogP contribution in [0, 0.1) is 22.7 Å². The van der Waals surface area contributed by atoms with Crippen molar-refractivity contribution in [1.29, 1.82) is 10.5 Å². The van der Waals surface area contributed by atoms with Gasteiger partial charge in [0, 0.05) is 13.8 Å². The lowest BCUT2D eigenvalue weighted by molar-refractivity contribution is 1.49. The fourth-order valence-electron chi connectivity index (χ4n) is 0. The summed E-state index contributed by atoms with van der Waals surface area (Å²) in [4.78, 5) is 0. The normalized spacial score (nSPS) is 3.22. The van der Waals surface area contributed by atoms with E-state index < -0.39 is 0 Å². The van der Waals surface area contributed by atoms with Crippen LogP contribution in [0.1, 0.15) is 20.8 Å². The fraction of sp³-hybridized carbons (Fsp3) is 0.429. The third kappa shape index (κ3) is 91.4. The van der Waals surface area contributed by atoms with Crippen LogP contribution in [0.25, 0.3) is 0 Å². The second-order valence-electron chi connectivity index (χ2n) is 0.855. The average Bonchev–Trinajstić information content (AvgIpc) is 1.70. The lowest BCUT2D eigenvalue weighted by Crippen LogP contribution is -1.10. The van der Waals surface area contributed by atoms with E-state index in [4.69, 9.17) is 10.5 Å². The first-order valence-electron chi connectivity index (χ1n) is 2.43. The second kappa shape index (κ2) is 74.3. The molecule has 0 amide bonds. The summed E-state index contributed by atoms with van der Waals surface area (Å²) < 4.78 is 0. The standard InChI is InChI=1S/C3H6.2C2H3N/c1-3-2;2*1-2-3/h3H,1H2,2H3;2*1H3. The van der Waals surface area contributed by atoms with Gasteiger partial charge in [-0.1, -0.05) is 6.08 Å². The zero-order valence-corrected chi connectivity index (χ0v) is 6.18. The molecule has 0 aromatic rings. The van der Waals surface area contributed by atoms with Gasteiger partial charge < -0.3 is 0 Å². The lowest BCUT2D eigenvalue weighted by Gasteiger charge is -1.31. The van der Waals surface area contributed by atoms with E-state index in [0.29, 0.717) is 0 Å². The average molecular weight is 124 g/mol. The molecule has 0 fully saturated rings. The Bertz CT molecular complexity index is 91.1. The number of hydrogen-bond acceptors (Lipinski definition) is 2. The maximum absolute atomic E-state index is 7.32. The van der Waals surface area contributed by atoms with Crippen LogP contribution in [0.5, 0.6) is 0 Å². The molecule has 0 saturated carbocycles. The summed E-state index contributed by atoms with van der Waals surface area (Å²) in [6.07, 6.45) is 1.75. The monoisotopic (exact) mass is 124 g/mol. The van der Waals surface area contributed by atoms with E-state index in [1.807, 2.05) is 6.92 Å². The Morgan fingerprint density at radius 2 is 1.22 bits per heavy atom. The van der Waals surface area contributed by atoms with E-state index in [1.165, 1.54) is 13.8 Å². The number of allylic oxidation sites excluding steroid dienone is 1. The van der Waals surface area contributed by atoms with Gasteiger partial charge in [-0.25, -0.2) is 0 Å². The van der Waals surface area contributed by atoms with Crippen LogP contribution in [0.3, 0.4) is 0 Å². The molecule has 0 aromatic heterocycles. The Kier molecular flexibility index (Phi) is 129. The Hall–Kier alpha value is -1.28. The van der Waals surface area contributed by atoms with Gasteiger partial charge in [0.2, 0.25) is 0 Å². The van der Waals surface area contributed by atoms with Crippen LogP contribution in [-0.4, -0.2) is 0 Å². The minimum Gasteiger partial charge on any atom is -0.199 e. The third-order valence-electron chi connectivity index (χ3n) is 0. The molecule has 0 aliphatic carbocycles. The Morgan fingerprint density at radius 3 is 1.22 bits per heavy atom. The first-order chi connectivity index (χ1) is 4.24. The second-order valence-corrected chi connectivity index (χ2v) is 0.855. The van der Waals surface area contributed by atoms with E-state index >= 15 is 0 Å². The molecule has 0 saturated heterocycles. The highest BCUT2D eigenvalue weighted by molar-refractivity contribution is 4.51. The maximum Gasteiger partial charge on any atom is 0.0587 e. The summed E-state index contributed by atoms with van der Waals surface area (Å²) in [5.41, 5.74) is 0. The number of nitriles is 2. The van der Waals surface area contributed by atoms with Crippen LogP contribution in [0.2, 0.25) is 0 Å². The van der Waals surface area contributed by atoms with Crippen molar-refractivity contribution < 1.29 is 0 Å². The molecule has 0 heterocycles. The molecular weight excluding hydrogens is 112 g/mol. The lowest BCUT2D eigenvalue weighted by atomic mass is 10.8. The summed E-state index contributed by atoms with van der Waals surface area (Å²) in [6.45, 7) is 8.11. The fourth-order valence-corrected chi connectivity index (χ4v) is 0. The Balaban J connectivity index is -0.0000000600. The molecule has 0 aliphatic rings. The summed E-state index contributed by atoms with van der Waals surface area (Å²) in [5.74, 6) is 0. The molecule has 50 valence electrons. The third-order valence-corrected chi connectivity index (χ3v) is 0. The van der Waals surface area contributed by atoms with Gasteiger partial charge in [0.15, 0.2) is 0 Å². The van der Waals surface area contributed by atoms with Crippen molar-refractivity contribution in [3.05, 3.63) is 12.7 Å². The van der Waals surface area contributed by atoms with Gasteiger partial charge in [0.05, 0.1) is 12.1 Å². The molecule has 0 atom stereocenters. The molecule has 0 aromatic carbocycles. The molecule has 9 heavy (non-hydrogen) atoms. The van der Waals surface area contributed by atoms with Crippen LogP contribution in [-0.2, 0) is 0 Å². The first-order valence-corrected chi connectivity index (χ1v) is 2.43. The van der Waals surface area contributed by atoms with Gasteiger partial charge in [0.1, 0.15) is 0 Å². The Labute approximate surface area is 57.0 Å². The number of nitrogens with zero attached hydrogens (tertiary/aromatic N) is 2. The van der Waals surface area contributed by atoms with E-state index in [0.717, 1.165) is 0 Å². The zero-order valence-electron chi connectivity index (χ0n) is 6.18. The van der Waals surface area contributed by atoms with Crippen molar-refractivity contribution in [3.8, 4) is 12.1 Å². The van der Waals surface area contributed by atoms with Gasteiger partial charge >= 0.3 is 0 Å². The highest BCUT2D eigenvalue weighted by Crippen LogP contribution is 1.38. The zero-order chi connectivity index (χ0) is 8.12. The van der Waals surface area contributed by atoms with E-state index in [2.05, 4.69) is 6.58 Å². The molecule has 2 nitrogen and oxygen atoms in total. The molecule has 0 bridgehead atoms. The van der Waals surface area contributed by atoms with E-state index in [-0.39, 0.29) is 0 Å². The molecule has 2 heteroatoms. The molecular formula is C7H12N2. The van der Waals surface area contributed by atoms with Crippen LogP contribution in [0.15, 0.2) is 12.7 Å². The van der Waals surface area contributed by atoms with Gasteiger partial charge in [-0.2, -0.15) is 10.5 Å². The quantitative estimate of drug-likeness (QED) is 0.465. The molecule has 0 rings (SSSR count). The van der Waals surface area contributed by atoms with Crippen molar-refractivity contribution in [2.24, 2.45) is 0 Å². The SMILES string of the molecule is C=CC.CC#N.CC#N. The molecule has 0 aliphatic heterocycles. The van der Waals surface area contributed by atoms with Crippen LogP contribution in [0.4, 0.5) is 0 Å². The largest absolute Gasteiger partial charge is 0.199 e. The van der Waals surface area contributed by atoms with Gasteiger partial charge in [-0.15, -0.1) is 6.58 Å². The molecule has 0 unspecified atom stereocenters. The minimum atomic E-state index is 1.43. The van der Waals surface area contributed by atoms with Crippen LogP contribution >= 0.6 is 0 Å². The Morgan fingerprint density at radius 1 is 1.22 bits per heavy atom. The summed E-state index contributed by atoms with van der Waals surface area (Å²) in [6, 6.07) is 3.50. The van der Waals surface area contributed by atoms with Crippen molar-refractivity contribution in [3.63, 3.8) is 0 Å². The topological polar surface area (TPSA) is 47.6 Å². The highest BCUT2D eigenvalue weighted by Gasteiger charge is 1.18. The predicted molar refractivity (Wildman–Crippen MR) is 38.4 cm³/mol. The van der Waals surface area contributed by atoms with E-state index in [1.54, 1.807) is 18.2 Å². The predicted octanol–water partition coefficient (Wildman–Crippen LogP) is 2.25. The number of hydrogen-bond donors (Lipinski definition) is 0. The van der Waals surface area contributed by atoms with Gasteiger partial charge in [-0.05, 0) is 6.92 Å². The molecule has 0 spiro atoms. The smallest absolute Gasteiger partial charge is 0.0587 e. The van der Waals surface area contributed by atoms with E-state index in [9.17, 15) is 0 Å². The summed E-state index contributed by atoms with van der Waals surface area (Å²) in [5, 5.41) is 14.6. The molecule has 0 radical (unpaired) electrons. The van der Waals surface area contributed by atoms with Crippen molar-refractivity contribution in [2.45, 2.75) is 20.8 Å². The minimum absolute atomic E-state index is 1.43. The van der Waals surface area contributed by atoms with Crippen molar-refractivity contribution >= 4 is 0 Å². The highest BCUT2D eigenvalue weighted by atomic mass is 14.2. The number of rotatable bonds is 0.